The number of hydrogen-bond acceptors (Lipinski definition) is 4. The molecule has 0 atom stereocenters. The van der Waals surface area contributed by atoms with E-state index in [1.54, 1.807) is 0 Å². The largest absolute Gasteiger partial charge is 0.361 e. The summed E-state index contributed by atoms with van der Waals surface area (Å²) in [4.78, 5) is 10.5. The molecule has 0 N–H and O–H groups in total. The number of hydrogen-bond donors (Lipinski definition) is 0. The van der Waals surface area contributed by atoms with Gasteiger partial charge in [-0.3, -0.25) is 0 Å². The molecule has 0 saturated carbocycles. The van der Waals surface area contributed by atoms with Gasteiger partial charge in [0.25, 0.3) is 0 Å². The van der Waals surface area contributed by atoms with Crippen molar-refractivity contribution in [3.05, 3.63) is 16.0 Å². The molecule has 1 aliphatic heterocycles. The third kappa shape index (κ3) is 2.28. The average molecular weight is 291 g/mol. The second-order valence-electron chi connectivity index (χ2n) is 2.86. The zero-order valence-electron chi connectivity index (χ0n) is 7.11. The van der Waals surface area contributed by atoms with Gasteiger partial charge >= 0.3 is 0 Å². The summed E-state index contributed by atoms with van der Waals surface area (Å²) in [5, 5.41) is 0. The molecule has 2 heterocycles. The zero-order chi connectivity index (χ0) is 9.10. The van der Waals surface area contributed by atoms with Gasteiger partial charge in [-0.2, -0.15) is 0 Å². The molecule has 0 radical (unpaired) electrons. The smallest absolute Gasteiger partial charge is 0.227 e. The minimum Gasteiger partial charge on any atom is -0.361 e. The fourth-order valence-electron chi connectivity index (χ4n) is 1.22. The minimum atomic E-state index is 0.612. The van der Waals surface area contributed by atoms with E-state index >= 15 is 0 Å². The Kier molecular flexibility index (Phi) is 2.94. The summed E-state index contributed by atoms with van der Waals surface area (Å²) >= 11 is 2.19. The van der Waals surface area contributed by atoms with Crippen molar-refractivity contribution in [2.75, 3.05) is 24.8 Å². The standard InChI is InChI=1S/C8H10IN3O/c9-7-4-10-8(11-5-7)12-2-1-3-13-6-12/h4-5H,1-3,6H2. The predicted molar refractivity (Wildman–Crippen MR) is 57.5 cm³/mol. The lowest BCUT2D eigenvalue weighted by Gasteiger charge is -2.26. The summed E-state index contributed by atoms with van der Waals surface area (Å²) in [6.45, 7) is 2.45. The first-order valence-corrected chi connectivity index (χ1v) is 5.24. The molecule has 1 aromatic rings. The van der Waals surface area contributed by atoms with Gasteiger partial charge in [-0.1, -0.05) is 0 Å². The SMILES string of the molecule is Ic1cnc(N2CCCOC2)nc1. The van der Waals surface area contributed by atoms with Crippen LogP contribution < -0.4 is 4.90 Å². The normalized spacial score (nSPS) is 17.5. The molecule has 1 fully saturated rings. The van der Waals surface area contributed by atoms with E-state index in [1.807, 2.05) is 17.3 Å². The van der Waals surface area contributed by atoms with Crippen LogP contribution in [0.4, 0.5) is 5.95 Å². The van der Waals surface area contributed by atoms with Gasteiger partial charge in [-0.25, -0.2) is 9.97 Å². The van der Waals surface area contributed by atoms with Gasteiger partial charge in [-0.05, 0) is 29.0 Å². The predicted octanol–water partition coefficient (Wildman–Crippen LogP) is 1.27. The second kappa shape index (κ2) is 4.19. The molecule has 2 rings (SSSR count). The molecule has 1 aromatic heterocycles. The maximum atomic E-state index is 5.31. The van der Waals surface area contributed by atoms with E-state index < -0.39 is 0 Å². The highest BCUT2D eigenvalue weighted by atomic mass is 127. The van der Waals surface area contributed by atoms with Crippen LogP contribution >= 0.6 is 22.6 Å². The maximum absolute atomic E-state index is 5.31. The van der Waals surface area contributed by atoms with Crippen LogP contribution in [0.3, 0.4) is 0 Å². The Balaban J connectivity index is 2.10. The summed E-state index contributed by atoms with van der Waals surface area (Å²) in [5.74, 6) is 0.764. The molecular formula is C8H10IN3O. The molecule has 0 aliphatic carbocycles. The highest BCUT2D eigenvalue weighted by Gasteiger charge is 2.12. The topological polar surface area (TPSA) is 38.2 Å². The summed E-state index contributed by atoms with van der Waals surface area (Å²) in [6, 6.07) is 0. The lowest BCUT2D eigenvalue weighted by atomic mass is 10.4. The van der Waals surface area contributed by atoms with Crippen molar-refractivity contribution >= 4 is 28.5 Å². The van der Waals surface area contributed by atoms with Gasteiger partial charge in [-0.15, -0.1) is 0 Å². The first kappa shape index (κ1) is 9.14. The number of nitrogens with zero attached hydrogens (tertiary/aromatic N) is 3. The van der Waals surface area contributed by atoms with Gasteiger partial charge in [0.1, 0.15) is 6.73 Å². The van der Waals surface area contributed by atoms with E-state index in [2.05, 4.69) is 32.6 Å². The number of halogens is 1. The van der Waals surface area contributed by atoms with Crippen molar-refractivity contribution in [1.29, 1.82) is 0 Å². The van der Waals surface area contributed by atoms with E-state index in [-0.39, 0.29) is 0 Å². The van der Waals surface area contributed by atoms with Crippen molar-refractivity contribution in [2.24, 2.45) is 0 Å². The maximum Gasteiger partial charge on any atom is 0.227 e. The molecule has 1 aliphatic rings. The number of rotatable bonds is 1. The van der Waals surface area contributed by atoms with Gasteiger partial charge in [0, 0.05) is 22.5 Å². The first-order valence-electron chi connectivity index (χ1n) is 4.16. The summed E-state index contributed by atoms with van der Waals surface area (Å²) in [7, 11) is 0. The monoisotopic (exact) mass is 291 g/mol. The van der Waals surface area contributed by atoms with Gasteiger partial charge in [0.2, 0.25) is 5.95 Å². The van der Waals surface area contributed by atoms with E-state index in [1.165, 1.54) is 0 Å². The molecule has 4 nitrogen and oxygen atoms in total. The lowest BCUT2D eigenvalue weighted by Crippen LogP contribution is -2.34. The van der Waals surface area contributed by atoms with Crippen LogP contribution in [-0.4, -0.2) is 29.9 Å². The molecule has 70 valence electrons. The molecule has 0 amide bonds. The third-order valence-corrected chi connectivity index (χ3v) is 2.41. The Morgan fingerprint density at radius 3 is 2.77 bits per heavy atom. The number of anilines is 1. The fourth-order valence-corrected chi connectivity index (χ4v) is 1.50. The molecular weight excluding hydrogens is 281 g/mol. The van der Waals surface area contributed by atoms with Crippen molar-refractivity contribution in [3.63, 3.8) is 0 Å². The Hall–Kier alpha value is -0.430. The zero-order valence-corrected chi connectivity index (χ0v) is 9.27. The summed E-state index contributed by atoms with van der Waals surface area (Å²) < 4.78 is 6.37. The van der Waals surface area contributed by atoms with Gasteiger partial charge in [0.15, 0.2) is 0 Å². The molecule has 0 unspecified atom stereocenters. The van der Waals surface area contributed by atoms with Crippen LogP contribution in [0.2, 0.25) is 0 Å². The lowest BCUT2D eigenvalue weighted by molar-refractivity contribution is 0.106. The third-order valence-electron chi connectivity index (χ3n) is 1.85. The number of ether oxygens (including phenoxy) is 1. The van der Waals surface area contributed by atoms with Gasteiger partial charge in [0.05, 0.1) is 6.61 Å². The van der Waals surface area contributed by atoms with Crippen LogP contribution in [-0.2, 0) is 4.74 Å². The Morgan fingerprint density at radius 1 is 1.38 bits per heavy atom. The second-order valence-corrected chi connectivity index (χ2v) is 4.10. The Labute approximate surface area is 90.5 Å². The molecule has 13 heavy (non-hydrogen) atoms. The molecule has 0 aromatic carbocycles. The fraction of sp³-hybridized carbons (Fsp3) is 0.500. The minimum absolute atomic E-state index is 0.612. The van der Waals surface area contributed by atoms with Crippen LogP contribution in [0.5, 0.6) is 0 Å². The summed E-state index contributed by atoms with van der Waals surface area (Å²) in [5.41, 5.74) is 0. The van der Waals surface area contributed by atoms with E-state index in [4.69, 9.17) is 4.74 Å². The van der Waals surface area contributed by atoms with Gasteiger partial charge < -0.3 is 9.64 Å². The number of aromatic nitrogens is 2. The van der Waals surface area contributed by atoms with Crippen molar-refractivity contribution < 1.29 is 4.74 Å². The molecule has 0 spiro atoms. The van der Waals surface area contributed by atoms with Crippen molar-refractivity contribution in [1.82, 2.24) is 9.97 Å². The highest BCUT2D eigenvalue weighted by molar-refractivity contribution is 14.1. The average Bonchev–Trinajstić information content (AvgIpc) is 2.20. The molecule has 1 saturated heterocycles. The van der Waals surface area contributed by atoms with E-state index in [0.717, 1.165) is 29.1 Å². The van der Waals surface area contributed by atoms with Crippen LogP contribution in [0, 0.1) is 3.57 Å². The summed E-state index contributed by atoms with van der Waals surface area (Å²) in [6.07, 6.45) is 4.68. The molecule has 5 heteroatoms. The van der Waals surface area contributed by atoms with Crippen LogP contribution in [0.1, 0.15) is 6.42 Å². The van der Waals surface area contributed by atoms with E-state index in [0.29, 0.717) is 6.73 Å². The Bertz CT molecular complexity index is 271. The van der Waals surface area contributed by atoms with Crippen LogP contribution in [0.25, 0.3) is 0 Å². The van der Waals surface area contributed by atoms with Crippen molar-refractivity contribution in [3.8, 4) is 0 Å². The van der Waals surface area contributed by atoms with Crippen LogP contribution in [0.15, 0.2) is 12.4 Å². The highest BCUT2D eigenvalue weighted by Crippen LogP contribution is 2.11. The quantitative estimate of drug-likeness (QED) is 0.730. The van der Waals surface area contributed by atoms with Crippen molar-refractivity contribution in [2.45, 2.75) is 6.42 Å². The Morgan fingerprint density at radius 2 is 2.15 bits per heavy atom. The van der Waals surface area contributed by atoms with E-state index in [9.17, 15) is 0 Å². The first-order chi connectivity index (χ1) is 6.36. The molecule has 0 bridgehead atoms.